The smallest absolute Gasteiger partial charge is 0.269 e. The highest BCUT2D eigenvalue weighted by Crippen LogP contribution is 2.26. The van der Waals surface area contributed by atoms with E-state index >= 15 is 0 Å². The number of carbonyl (C=O) groups excluding carboxylic acids is 1. The Hall–Kier alpha value is -2.34. The monoisotopic (exact) mass is 341 g/mol. The van der Waals surface area contributed by atoms with Crippen LogP contribution in [0, 0.1) is 0 Å². The van der Waals surface area contributed by atoms with Crippen LogP contribution in [0.2, 0.25) is 0 Å². The van der Waals surface area contributed by atoms with Gasteiger partial charge in [0.15, 0.2) is 4.96 Å². The number of benzene rings is 1. The molecular weight excluding hydrogens is 322 g/mol. The van der Waals surface area contributed by atoms with Gasteiger partial charge in [-0.2, -0.15) is 0 Å². The van der Waals surface area contributed by atoms with E-state index in [4.69, 9.17) is 4.74 Å². The standard InChI is InChI=1S/C18H19N3O2S/c1-23-14-8-6-12(7-9-14)15-10-21-16(11-24-18(21)20-15)17(22)19-13-4-2-3-5-13/h6-11,13H,2-5H2,1H3,(H,19,22). The minimum absolute atomic E-state index is 0.00756. The van der Waals surface area contributed by atoms with E-state index in [2.05, 4.69) is 10.3 Å². The molecule has 6 heteroatoms. The Kier molecular flexibility index (Phi) is 3.98. The second kappa shape index (κ2) is 6.28. The second-order valence-electron chi connectivity index (χ2n) is 6.08. The van der Waals surface area contributed by atoms with Crippen molar-refractivity contribution in [1.29, 1.82) is 0 Å². The topological polar surface area (TPSA) is 55.6 Å². The molecule has 124 valence electrons. The van der Waals surface area contributed by atoms with Crippen molar-refractivity contribution in [3.63, 3.8) is 0 Å². The van der Waals surface area contributed by atoms with Gasteiger partial charge in [0, 0.05) is 23.2 Å². The minimum atomic E-state index is -0.00756. The number of amides is 1. The molecule has 2 heterocycles. The molecule has 1 aliphatic rings. The molecule has 24 heavy (non-hydrogen) atoms. The average molecular weight is 341 g/mol. The summed E-state index contributed by atoms with van der Waals surface area (Å²) in [5.41, 5.74) is 2.53. The lowest BCUT2D eigenvalue weighted by molar-refractivity contribution is 0.0932. The number of ether oxygens (including phenoxy) is 1. The van der Waals surface area contributed by atoms with Crippen LogP contribution in [0.4, 0.5) is 0 Å². The molecule has 0 radical (unpaired) electrons. The lowest BCUT2D eigenvalue weighted by atomic mass is 10.2. The number of hydrogen-bond donors (Lipinski definition) is 1. The fourth-order valence-electron chi connectivity index (χ4n) is 3.18. The van der Waals surface area contributed by atoms with Crippen LogP contribution in [0.1, 0.15) is 36.2 Å². The Morgan fingerprint density at radius 3 is 2.75 bits per heavy atom. The van der Waals surface area contributed by atoms with Crippen molar-refractivity contribution < 1.29 is 9.53 Å². The number of nitrogens with zero attached hydrogens (tertiary/aromatic N) is 2. The van der Waals surface area contributed by atoms with Crippen LogP contribution >= 0.6 is 11.3 Å². The second-order valence-corrected chi connectivity index (χ2v) is 6.92. The summed E-state index contributed by atoms with van der Waals surface area (Å²) in [4.78, 5) is 18.0. The van der Waals surface area contributed by atoms with Crippen molar-refractivity contribution in [1.82, 2.24) is 14.7 Å². The predicted octanol–water partition coefficient (Wildman–Crippen LogP) is 3.74. The van der Waals surface area contributed by atoms with Gasteiger partial charge in [0.25, 0.3) is 5.91 Å². The Morgan fingerprint density at radius 1 is 1.29 bits per heavy atom. The summed E-state index contributed by atoms with van der Waals surface area (Å²) in [5, 5.41) is 5.02. The summed E-state index contributed by atoms with van der Waals surface area (Å²) >= 11 is 1.49. The van der Waals surface area contributed by atoms with Crippen molar-refractivity contribution in [3.8, 4) is 17.0 Å². The number of rotatable bonds is 4. The van der Waals surface area contributed by atoms with Crippen molar-refractivity contribution in [3.05, 3.63) is 41.5 Å². The Labute approximate surface area is 144 Å². The molecule has 5 nitrogen and oxygen atoms in total. The number of carbonyl (C=O) groups is 1. The zero-order valence-corrected chi connectivity index (χ0v) is 14.3. The molecule has 0 saturated heterocycles. The zero-order chi connectivity index (χ0) is 16.5. The maximum atomic E-state index is 12.5. The quantitative estimate of drug-likeness (QED) is 0.786. The minimum Gasteiger partial charge on any atom is -0.497 e. The third kappa shape index (κ3) is 2.78. The average Bonchev–Trinajstić information content (AvgIpc) is 3.31. The van der Waals surface area contributed by atoms with Gasteiger partial charge in [-0.1, -0.05) is 12.8 Å². The molecule has 0 bridgehead atoms. The van der Waals surface area contributed by atoms with Gasteiger partial charge in [-0.15, -0.1) is 11.3 Å². The van der Waals surface area contributed by atoms with Gasteiger partial charge in [0.1, 0.15) is 11.4 Å². The van der Waals surface area contributed by atoms with Crippen molar-refractivity contribution in [2.45, 2.75) is 31.7 Å². The summed E-state index contributed by atoms with van der Waals surface area (Å²) in [7, 11) is 1.65. The van der Waals surface area contributed by atoms with Crippen LogP contribution in [-0.4, -0.2) is 28.4 Å². The van der Waals surface area contributed by atoms with Gasteiger partial charge in [0.05, 0.1) is 12.8 Å². The van der Waals surface area contributed by atoms with Crippen molar-refractivity contribution in [2.75, 3.05) is 7.11 Å². The van der Waals surface area contributed by atoms with Crippen molar-refractivity contribution >= 4 is 22.2 Å². The van der Waals surface area contributed by atoms with E-state index in [0.29, 0.717) is 11.7 Å². The molecular formula is C18H19N3O2S. The van der Waals surface area contributed by atoms with Crippen LogP contribution in [0.3, 0.4) is 0 Å². The molecule has 1 fully saturated rings. The molecule has 3 aromatic rings. The van der Waals surface area contributed by atoms with Crippen LogP contribution in [0.15, 0.2) is 35.8 Å². The van der Waals surface area contributed by atoms with Gasteiger partial charge < -0.3 is 10.1 Å². The van der Waals surface area contributed by atoms with Gasteiger partial charge in [-0.25, -0.2) is 4.98 Å². The summed E-state index contributed by atoms with van der Waals surface area (Å²) in [6.45, 7) is 0. The first kappa shape index (κ1) is 15.2. The highest BCUT2D eigenvalue weighted by molar-refractivity contribution is 7.15. The normalized spacial score (nSPS) is 15.0. The van der Waals surface area contributed by atoms with E-state index in [-0.39, 0.29) is 5.91 Å². The third-order valence-corrected chi connectivity index (χ3v) is 5.36. The van der Waals surface area contributed by atoms with Gasteiger partial charge in [-0.3, -0.25) is 9.20 Å². The number of aromatic nitrogens is 2. The highest BCUT2D eigenvalue weighted by Gasteiger charge is 2.21. The molecule has 1 saturated carbocycles. The van der Waals surface area contributed by atoms with E-state index in [0.717, 1.165) is 34.8 Å². The number of imidazole rings is 1. The van der Waals surface area contributed by atoms with Crippen LogP contribution in [0.25, 0.3) is 16.2 Å². The summed E-state index contributed by atoms with van der Waals surface area (Å²) in [6.07, 6.45) is 6.50. The number of methoxy groups -OCH3 is 1. The molecule has 4 rings (SSSR count). The first-order valence-electron chi connectivity index (χ1n) is 8.16. The lowest BCUT2D eigenvalue weighted by Crippen LogP contribution is -2.33. The number of thiazole rings is 1. The van der Waals surface area contributed by atoms with Gasteiger partial charge in [-0.05, 0) is 37.1 Å². The number of fused-ring (bicyclic) bond motifs is 1. The molecule has 0 unspecified atom stereocenters. The summed E-state index contributed by atoms with van der Waals surface area (Å²) < 4.78 is 7.07. The SMILES string of the molecule is COc1ccc(-c2cn3c(C(=O)NC4CCCC4)csc3n2)cc1. The fourth-order valence-corrected chi connectivity index (χ4v) is 4.03. The maximum absolute atomic E-state index is 12.5. The maximum Gasteiger partial charge on any atom is 0.269 e. The van der Waals surface area contributed by atoms with E-state index in [9.17, 15) is 4.79 Å². The van der Waals surface area contributed by atoms with E-state index in [1.54, 1.807) is 7.11 Å². The molecule has 2 aromatic heterocycles. The van der Waals surface area contributed by atoms with Gasteiger partial charge >= 0.3 is 0 Å². The largest absolute Gasteiger partial charge is 0.497 e. The number of hydrogen-bond acceptors (Lipinski definition) is 4. The Morgan fingerprint density at radius 2 is 2.04 bits per heavy atom. The lowest BCUT2D eigenvalue weighted by Gasteiger charge is -2.10. The summed E-state index contributed by atoms with van der Waals surface area (Å²) in [6, 6.07) is 8.09. The first-order chi connectivity index (χ1) is 11.7. The van der Waals surface area contributed by atoms with E-state index < -0.39 is 0 Å². The molecule has 1 amide bonds. The fraction of sp³-hybridized carbons (Fsp3) is 0.333. The zero-order valence-electron chi connectivity index (χ0n) is 13.5. The van der Waals surface area contributed by atoms with Crippen molar-refractivity contribution in [2.24, 2.45) is 0 Å². The molecule has 0 aliphatic heterocycles. The Bertz CT molecular complexity index is 860. The molecule has 0 spiro atoms. The van der Waals surface area contributed by atoms with Crippen LogP contribution in [0.5, 0.6) is 5.75 Å². The third-order valence-electron chi connectivity index (χ3n) is 4.52. The van der Waals surface area contributed by atoms with E-state index in [1.807, 2.05) is 40.2 Å². The van der Waals surface area contributed by atoms with Crippen LogP contribution < -0.4 is 10.1 Å². The predicted molar refractivity (Wildman–Crippen MR) is 94.8 cm³/mol. The molecule has 1 N–H and O–H groups in total. The van der Waals surface area contributed by atoms with Crippen LogP contribution in [-0.2, 0) is 0 Å². The van der Waals surface area contributed by atoms with E-state index in [1.165, 1.54) is 24.2 Å². The Balaban J connectivity index is 1.61. The molecule has 1 aliphatic carbocycles. The molecule has 1 aromatic carbocycles. The summed E-state index contributed by atoms with van der Waals surface area (Å²) in [5.74, 6) is 0.809. The first-order valence-corrected chi connectivity index (χ1v) is 9.04. The molecule has 0 atom stereocenters. The highest BCUT2D eigenvalue weighted by atomic mass is 32.1. The van der Waals surface area contributed by atoms with Gasteiger partial charge in [0.2, 0.25) is 0 Å². The number of nitrogens with one attached hydrogen (secondary N) is 1.